The van der Waals surface area contributed by atoms with E-state index < -0.39 is 0 Å². The van der Waals surface area contributed by atoms with Crippen molar-refractivity contribution in [2.75, 3.05) is 38.7 Å². The first kappa shape index (κ1) is 15.8. The van der Waals surface area contributed by atoms with E-state index in [9.17, 15) is 9.59 Å². The van der Waals surface area contributed by atoms with Crippen molar-refractivity contribution >= 4 is 17.6 Å². The molecule has 1 saturated heterocycles. The lowest BCUT2D eigenvalue weighted by Crippen LogP contribution is -2.54. The Kier molecular flexibility index (Phi) is 4.78. The first-order chi connectivity index (χ1) is 11.2. The number of benzene rings is 1. The van der Waals surface area contributed by atoms with Gasteiger partial charge in [0.25, 0.3) is 5.91 Å². The molecule has 2 N–H and O–H groups in total. The van der Waals surface area contributed by atoms with Crippen LogP contribution in [-0.4, -0.2) is 56.4 Å². The molecular formula is C16H21N3O4. The summed E-state index contributed by atoms with van der Waals surface area (Å²) in [5, 5.41) is 5.42. The summed E-state index contributed by atoms with van der Waals surface area (Å²) in [6.07, 6.45) is 0.969. The third-order valence-corrected chi connectivity index (χ3v) is 4.03. The molecule has 0 spiro atoms. The van der Waals surface area contributed by atoms with Crippen LogP contribution in [0.5, 0.6) is 0 Å². The van der Waals surface area contributed by atoms with E-state index in [4.69, 9.17) is 9.47 Å². The Balaban J connectivity index is 1.52. The van der Waals surface area contributed by atoms with Crippen LogP contribution in [0.15, 0.2) is 18.2 Å². The Hall–Kier alpha value is -2.12. The lowest BCUT2D eigenvalue weighted by molar-refractivity contribution is -0.0464. The predicted octanol–water partition coefficient (Wildman–Crippen LogP) is 1.20. The number of urea groups is 1. The molecule has 2 heterocycles. The van der Waals surface area contributed by atoms with Crippen molar-refractivity contribution in [3.8, 4) is 0 Å². The minimum absolute atomic E-state index is 0.0303. The smallest absolute Gasteiger partial charge is 0.319 e. The van der Waals surface area contributed by atoms with Crippen LogP contribution in [0.3, 0.4) is 0 Å². The van der Waals surface area contributed by atoms with E-state index in [1.165, 1.54) is 0 Å². The molecule has 0 bridgehead atoms. The number of anilines is 1. The molecule has 7 nitrogen and oxygen atoms in total. The molecule has 3 rings (SSSR count). The number of hydrogen-bond donors (Lipinski definition) is 2. The second kappa shape index (κ2) is 6.97. The van der Waals surface area contributed by atoms with Crippen molar-refractivity contribution in [1.29, 1.82) is 0 Å². The number of methoxy groups -OCH3 is 1. The van der Waals surface area contributed by atoms with Gasteiger partial charge in [0.05, 0.1) is 6.10 Å². The maximum absolute atomic E-state index is 12.4. The third-order valence-electron chi connectivity index (χ3n) is 4.03. The van der Waals surface area contributed by atoms with Gasteiger partial charge >= 0.3 is 6.03 Å². The van der Waals surface area contributed by atoms with Gasteiger partial charge in [-0.25, -0.2) is 4.79 Å². The second-order valence-corrected chi connectivity index (χ2v) is 5.73. The molecule has 0 aliphatic carbocycles. The van der Waals surface area contributed by atoms with Crippen LogP contribution in [-0.2, 0) is 16.0 Å². The van der Waals surface area contributed by atoms with Crippen LogP contribution >= 0.6 is 0 Å². The van der Waals surface area contributed by atoms with Gasteiger partial charge in [0, 0.05) is 51.2 Å². The Morgan fingerprint density at radius 3 is 2.96 bits per heavy atom. The number of carbonyl (C=O) groups is 2. The summed E-state index contributed by atoms with van der Waals surface area (Å²) in [7, 11) is 1.67. The summed E-state index contributed by atoms with van der Waals surface area (Å²) < 4.78 is 10.6. The van der Waals surface area contributed by atoms with E-state index in [-0.39, 0.29) is 18.0 Å². The monoisotopic (exact) mass is 319 g/mol. The number of likely N-dealkylation sites (tertiary alicyclic amines) is 1. The minimum Gasteiger partial charge on any atom is -0.385 e. The highest BCUT2D eigenvalue weighted by atomic mass is 16.5. The molecule has 124 valence electrons. The molecular weight excluding hydrogens is 298 g/mol. The van der Waals surface area contributed by atoms with E-state index in [1.807, 2.05) is 6.07 Å². The van der Waals surface area contributed by atoms with Gasteiger partial charge < -0.3 is 25.0 Å². The van der Waals surface area contributed by atoms with Gasteiger partial charge in [-0.3, -0.25) is 4.79 Å². The molecule has 2 aliphatic rings. The molecule has 0 unspecified atom stereocenters. The summed E-state index contributed by atoms with van der Waals surface area (Å²) in [4.78, 5) is 25.5. The standard InChI is InChI=1S/C16H21N3O4/c1-22-5-2-6-23-13-9-19(10-13)15(20)11-3-4-12-8-17-16(21)18-14(12)7-11/h3-4,7,13H,2,5-6,8-10H2,1H3,(H2,17,18,21). The van der Waals surface area contributed by atoms with Crippen LogP contribution in [0.1, 0.15) is 22.3 Å². The van der Waals surface area contributed by atoms with Gasteiger partial charge in [0.15, 0.2) is 0 Å². The molecule has 1 aromatic rings. The summed E-state index contributed by atoms with van der Waals surface area (Å²) in [6.45, 7) is 3.04. The number of hydrogen-bond acceptors (Lipinski definition) is 4. The van der Waals surface area contributed by atoms with E-state index in [0.29, 0.717) is 44.1 Å². The molecule has 23 heavy (non-hydrogen) atoms. The van der Waals surface area contributed by atoms with Crippen LogP contribution < -0.4 is 10.6 Å². The number of nitrogens with zero attached hydrogens (tertiary/aromatic N) is 1. The number of rotatable bonds is 6. The summed E-state index contributed by atoms with van der Waals surface area (Å²) in [5.74, 6) is -0.0303. The normalized spacial score (nSPS) is 17.1. The van der Waals surface area contributed by atoms with E-state index >= 15 is 0 Å². The zero-order chi connectivity index (χ0) is 16.2. The van der Waals surface area contributed by atoms with E-state index in [1.54, 1.807) is 24.1 Å². The number of nitrogens with one attached hydrogen (secondary N) is 2. The van der Waals surface area contributed by atoms with Crippen LogP contribution in [0, 0.1) is 0 Å². The first-order valence-corrected chi connectivity index (χ1v) is 7.75. The van der Waals surface area contributed by atoms with Crippen LogP contribution in [0.4, 0.5) is 10.5 Å². The maximum atomic E-state index is 12.4. The fourth-order valence-electron chi connectivity index (χ4n) is 2.67. The number of carbonyl (C=O) groups excluding carboxylic acids is 2. The first-order valence-electron chi connectivity index (χ1n) is 7.75. The Morgan fingerprint density at radius 1 is 1.35 bits per heavy atom. The third kappa shape index (κ3) is 3.62. The molecule has 0 saturated carbocycles. The second-order valence-electron chi connectivity index (χ2n) is 5.73. The van der Waals surface area contributed by atoms with Crippen molar-refractivity contribution in [2.24, 2.45) is 0 Å². The lowest BCUT2D eigenvalue weighted by atomic mass is 10.0. The molecule has 7 heteroatoms. The lowest BCUT2D eigenvalue weighted by Gasteiger charge is -2.39. The zero-order valence-corrected chi connectivity index (χ0v) is 13.1. The van der Waals surface area contributed by atoms with E-state index in [2.05, 4.69) is 10.6 Å². The minimum atomic E-state index is -0.240. The summed E-state index contributed by atoms with van der Waals surface area (Å²) >= 11 is 0. The number of amides is 3. The predicted molar refractivity (Wildman–Crippen MR) is 84.4 cm³/mol. The van der Waals surface area contributed by atoms with Gasteiger partial charge in [-0.1, -0.05) is 6.07 Å². The largest absolute Gasteiger partial charge is 0.385 e. The van der Waals surface area contributed by atoms with Crippen molar-refractivity contribution in [1.82, 2.24) is 10.2 Å². The zero-order valence-electron chi connectivity index (χ0n) is 13.1. The molecule has 0 radical (unpaired) electrons. The maximum Gasteiger partial charge on any atom is 0.319 e. The number of fused-ring (bicyclic) bond motifs is 1. The van der Waals surface area contributed by atoms with Gasteiger partial charge in [-0.05, 0) is 24.1 Å². The Morgan fingerprint density at radius 2 is 2.17 bits per heavy atom. The summed E-state index contributed by atoms with van der Waals surface area (Å²) in [5.41, 5.74) is 2.26. The molecule has 1 aromatic carbocycles. The summed E-state index contributed by atoms with van der Waals surface area (Å²) in [6, 6.07) is 5.17. The molecule has 3 amide bonds. The molecule has 2 aliphatic heterocycles. The fourth-order valence-corrected chi connectivity index (χ4v) is 2.67. The number of ether oxygens (including phenoxy) is 2. The molecule has 0 atom stereocenters. The highest BCUT2D eigenvalue weighted by Gasteiger charge is 2.32. The van der Waals surface area contributed by atoms with Gasteiger partial charge in [-0.15, -0.1) is 0 Å². The molecule has 1 fully saturated rings. The average molecular weight is 319 g/mol. The van der Waals surface area contributed by atoms with Crippen LogP contribution in [0.2, 0.25) is 0 Å². The topological polar surface area (TPSA) is 79.9 Å². The highest BCUT2D eigenvalue weighted by Crippen LogP contribution is 2.23. The molecule has 0 aromatic heterocycles. The van der Waals surface area contributed by atoms with Crippen molar-refractivity contribution in [3.63, 3.8) is 0 Å². The van der Waals surface area contributed by atoms with Gasteiger partial charge in [-0.2, -0.15) is 0 Å². The van der Waals surface area contributed by atoms with Crippen molar-refractivity contribution in [3.05, 3.63) is 29.3 Å². The van der Waals surface area contributed by atoms with Gasteiger partial charge in [0.1, 0.15) is 0 Å². The Bertz CT molecular complexity index is 599. The van der Waals surface area contributed by atoms with Crippen LogP contribution in [0.25, 0.3) is 0 Å². The highest BCUT2D eigenvalue weighted by molar-refractivity contribution is 5.98. The van der Waals surface area contributed by atoms with Gasteiger partial charge in [0.2, 0.25) is 0 Å². The average Bonchev–Trinajstić information content (AvgIpc) is 2.51. The Labute approximate surface area is 134 Å². The quantitative estimate of drug-likeness (QED) is 0.772. The van der Waals surface area contributed by atoms with E-state index in [0.717, 1.165) is 12.0 Å². The van der Waals surface area contributed by atoms with Crippen molar-refractivity contribution < 1.29 is 19.1 Å². The fraction of sp³-hybridized carbons (Fsp3) is 0.500. The SMILES string of the molecule is COCCCOC1CN(C(=O)c2ccc3c(c2)NC(=O)NC3)C1. The van der Waals surface area contributed by atoms with Crippen molar-refractivity contribution in [2.45, 2.75) is 19.1 Å².